The molecule has 0 aliphatic carbocycles. The number of unbranched alkanes of at least 4 members (excludes halogenated alkanes) is 2. The first-order valence-corrected chi connectivity index (χ1v) is 13.4. The molecule has 0 heterocycles. The van der Waals surface area contributed by atoms with Crippen LogP contribution in [0.5, 0.6) is 0 Å². The van der Waals surface area contributed by atoms with Crippen LogP contribution in [0.2, 0.25) is 0 Å². The van der Waals surface area contributed by atoms with E-state index in [1.165, 1.54) is 17.6 Å². The summed E-state index contributed by atoms with van der Waals surface area (Å²) in [7, 11) is 1.41. The Balaban J connectivity index is 0.000000370. The number of primary amides is 1. The highest BCUT2D eigenvalue weighted by Gasteiger charge is 2.29. The number of methoxy groups -OCH3 is 1. The van der Waals surface area contributed by atoms with Crippen LogP contribution in [0, 0.1) is 0 Å². The minimum atomic E-state index is -0.729. The number of esters is 1. The van der Waals surface area contributed by atoms with Crippen LogP contribution in [-0.2, 0) is 38.5 Å². The van der Waals surface area contributed by atoms with Crippen LogP contribution in [0.4, 0.5) is 4.79 Å². The highest BCUT2D eigenvalue weighted by atomic mass is 16.6. The van der Waals surface area contributed by atoms with Crippen LogP contribution >= 0.6 is 0 Å². The predicted octanol–water partition coefficient (Wildman–Crippen LogP) is 5.70. The van der Waals surface area contributed by atoms with E-state index in [0.717, 1.165) is 36.8 Å². The smallest absolute Gasteiger partial charge is 0.410 e. The normalized spacial score (nSPS) is 10.9. The Morgan fingerprint density at radius 3 is 1.85 bits per heavy atom. The number of benzene rings is 3. The lowest BCUT2D eigenvalue weighted by molar-refractivity contribution is -0.140. The first-order valence-electron chi connectivity index (χ1n) is 13.4. The van der Waals surface area contributed by atoms with E-state index in [0.29, 0.717) is 19.4 Å². The van der Waals surface area contributed by atoms with Crippen LogP contribution in [0.1, 0.15) is 49.3 Å². The molecule has 3 aromatic carbocycles. The Labute approximate surface area is 231 Å². The third kappa shape index (κ3) is 12.3. The molecule has 0 saturated carbocycles. The lowest BCUT2D eigenvalue weighted by Crippen LogP contribution is -2.49. The molecular formula is C32H40N2O5. The van der Waals surface area contributed by atoms with Crippen molar-refractivity contribution in [2.75, 3.05) is 13.7 Å². The van der Waals surface area contributed by atoms with Gasteiger partial charge >= 0.3 is 12.1 Å². The lowest BCUT2D eigenvalue weighted by atomic mass is 10.0. The van der Waals surface area contributed by atoms with E-state index in [4.69, 9.17) is 10.5 Å². The zero-order valence-electron chi connectivity index (χ0n) is 23.0. The quantitative estimate of drug-likeness (QED) is 0.225. The van der Waals surface area contributed by atoms with Gasteiger partial charge < -0.3 is 15.2 Å². The van der Waals surface area contributed by atoms with Gasteiger partial charge in [-0.1, -0.05) is 111 Å². The average molecular weight is 533 g/mol. The van der Waals surface area contributed by atoms with Crippen molar-refractivity contribution in [2.24, 2.45) is 5.73 Å². The second kappa shape index (κ2) is 18.2. The number of ether oxygens (including phenoxy) is 2. The summed E-state index contributed by atoms with van der Waals surface area (Å²) in [5, 5.41) is 0. The number of nitrogens with zero attached hydrogens (tertiary/aromatic N) is 1. The Kier molecular flexibility index (Phi) is 14.5. The number of carbonyl (C=O) groups is 3. The number of amides is 2. The van der Waals surface area contributed by atoms with Crippen molar-refractivity contribution in [1.29, 1.82) is 0 Å². The first-order chi connectivity index (χ1) is 18.9. The largest absolute Gasteiger partial charge is 0.469 e. The van der Waals surface area contributed by atoms with E-state index in [1.54, 1.807) is 0 Å². The third-order valence-electron chi connectivity index (χ3n) is 6.11. The van der Waals surface area contributed by atoms with Crippen LogP contribution in [-0.4, -0.2) is 42.6 Å². The molecule has 0 saturated heterocycles. The SMILES string of the molecule is CCCCCN(C(=O)OCc1ccccc1)C(Cc1ccccc1)C(N)=O.COC(=O)CCc1ccccc1. The summed E-state index contributed by atoms with van der Waals surface area (Å²) in [5.74, 6) is -0.675. The summed E-state index contributed by atoms with van der Waals surface area (Å²) in [6.45, 7) is 2.70. The summed E-state index contributed by atoms with van der Waals surface area (Å²) in [6.07, 6.45) is 3.88. The number of hydrogen-bond donors (Lipinski definition) is 1. The minimum absolute atomic E-state index is 0.154. The maximum absolute atomic E-state index is 12.7. The average Bonchev–Trinajstić information content (AvgIpc) is 2.98. The van der Waals surface area contributed by atoms with E-state index in [2.05, 4.69) is 11.7 Å². The molecule has 1 unspecified atom stereocenters. The summed E-state index contributed by atoms with van der Waals surface area (Å²) >= 11 is 0. The van der Waals surface area contributed by atoms with E-state index in [9.17, 15) is 14.4 Å². The van der Waals surface area contributed by atoms with Crippen molar-refractivity contribution in [3.8, 4) is 0 Å². The van der Waals surface area contributed by atoms with Gasteiger partial charge in [0, 0.05) is 19.4 Å². The van der Waals surface area contributed by atoms with Gasteiger partial charge in [0.05, 0.1) is 7.11 Å². The molecule has 0 bridgehead atoms. The molecule has 39 heavy (non-hydrogen) atoms. The van der Waals surface area contributed by atoms with Gasteiger partial charge in [0.15, 0.2) is 0 Å². The van der Waals surface area contributed by atoms with Gasteiger partial charge in [0.2, 0.25) is 5.91 Å². The summed E-state index contributed by atoms with van der Waals surface area (Å²) in [5.41, 5.74) is 8.67. The molecule has 7 nitrogen and oxygen atoms in total. The Morgan fingerprint density at radius 1 is 0.795 bits per heavy atom. The van der Waals surface area contributed by atoms with E-state index in [1.807, 2.05) is 91.0 Å². The van der Waals surface area contributed by atoms with Crippen LogP contribution in [0.25, 0.3) is 0 Å². The topological polar surface area (TPSA) is 98.9 Å². The second-order valence-electron chi connectivity index (χ2n) is 9.11. The van der Waals surface area contributed by atoms with Crippen LogP contribution in [0.15, 0.2) is 91.0 Å². The summed E-state index contributed by atoms with van der Waals surface area (Å²) in [4.78, 5) is 37.1. The maximum Gasteiger partial charge on any atom is 0.410 e. The number of nitrogens with two attached hydrogens (primary N) is 1. The van der Waals surface area contributed by atoms with Gasteiger partial charge in [0.1, 0.15) is 12.6 Å². The molecule has 3 aromatic rings. The molecular weight excluding hydrogens is 492 g/mol. The molecule has 2 amide bonds. The first kappa shape index (κ1) is 31.1. The molecule has 0 radical (unpaired) electrons. The number of carbonyl (C=O) groups excluding carboxylic acids is 3. The zero-order valence-corrected chi connectivity index (χ0v) is 23.0. The number of aryl methyl sites for hydroxylation is 1. The highest BCUT2D eigenvalue weighted by Crippen LogP contribution is 2.14. The molecule has 208 valence electrons. The van der Waals surface area contributed by atoms with Crippen molar-refractivity contribution in [3.63, 3.8) is 0 Å². The van der Waals surface area contributed by atoms with Crippen molar-refractivity contribution in [2.45, 2.75) is 58.1 Å². The fourth-order valence-corrected chi connectivity index (χ4v) is 3.90. The molecule has 0 aliphatic heterocycles. The second-order valence-corrected chi connectivity index (χ2v) is 9.11. The molecule has 1 atom stereocenters. The number of hydrogen-bond acceptors (Lipinski definition) is 5. The van der Waals surface area contributed by atoms with Crippen LogP contribution in [0.3, 0.4) is 0 Å². The predicted molar refractivity (Wildman–Crippen MR) is 153 cm³/mol. The highest BCUT2D eigenvalue weighted by molar-refractivity contribution is 5.84. The Morgan fingerprint density at radius 2 is 1.33 bits per heavy atom. The lowest BCUT2D eigenvalue weighted by Gasteiger charge is -2.29. The van der Waals surface area contributed by atoms with E-state index in [-0.39, 0.29) is 12.6 Å². The molecule has 2 N–H and O–H groups in total. The monoisotopic (exact) mass is 532 g/mol. The van der Waals surface area contributed by atoms with Gasteiger partial charge in [0.25, 0.3) is 0 Å². The minimum Gasteiger partial charge on any atom is -0.469 e. The standard InChI is InChI=1S/C22H28N2O3.C10H12O2/c1-2-3-10-15-24(22(26)27-17-19-13-8-5-9-14-19)20(21(23)25)16-18-11-6-4-7-12-18;1-12-10(11)8-7-9-5-3-2-4-6-9/h4-9,11-14,20H,2-3,10,15-17H2,1H3,(H2,23,25);2-6H,7-8H2,1H3. The molecule has 0 spiro atoms. The molecule has 0 fully saturated rings. The van der Waals surface area contributed by atoms with Gasteiger partial charge in [-0.05, 0) is 29.5 Å². The maximum atomic E-state index is 12.7. The van der Waals surface area contributed by atoms with Gasteiger partial charge in [-0.2, -0.15) is 0 Å². The third-order valence-corrected chi connectivity index (χ3v) is 6.11. The summed E-state index contributed by atoms with van der Waals surface area (Å²) in [6, 6.07) is 28.2. The number of rotatable bonds is 13. The fourth-order valence-electron chi connectivity index (χ4n) is 3.90. The van der Waals surface area contributed by atoms with E-state index < -0.39 is 18.0 Å². The fraction of sp³-hybridized carbons (Fsp3) is 0.344. The van der Waals surface area contributed by atoms with E-state index >= 15 is 0 Å². The molecule has 7 heteroatoms. The molecule has 3 rings (SSSR count). The van der Waals surface area contributed by atoms with Crippen molar-refractivity contribution >= 4 is 18.0 Å². The zero-order chi connectivity index (χ0) is 28.3. The van der Waals surface area contributed by atoms with Crippen molar-refractivity contribution < 1.29 is 23.9 Å². The molecule has 0 aromatic heterocycles. The van der Waals surface area contributed by atoms with Crippen LogP contribution < -0.4 is 5.73 Å². The summed E-state index contributed by atoms with van der Waals surface area (Å²) < 4.78 is 10.0. The van der Waals surface area contributed by atoms with Gasteiger partial charge in [-0.3, -0.25) is 14.5 Å². The van der Waals surface area contributed by atoms with Crippen molar-refractivity contribution in [3.05, 3.63) is 108 Å². The Bertz CT molecular complexity index is 1110. The van der Waals surface area contributed by atoms with Crippen molar-refractivity contribution in [1.82, 2.24) is 4.90 Å². The van der Waals surface area contributed by atoms with Gasteiger partial charge in [-0.25, -0.2) is 4.79 Å². The van der Waals surface area contributed by atoms with Gasteiger partial charge in [-0.15, -0.1) is 0 Å². The Hall–Kier alpha value is -4.13. The molecule has 0 aliphatic rings.